The molecule has 0 saturated heterocycles. The molecule has 3 heterocycles. The van der Waals surface area contributed by atoms with Crippen molar-refractivity contribution in [3.05, 3.63) is 56.3 Å². The lowest BCUT2D eigenvalue weighted by Gasteiger charge is -2.27. The lowest BCUT2D eigenvalue weighted by molar-refractivity contribution is 0.0735. The van der Waals surface area contributed by atoms with E-state index < -0.39 is 0 Å². The lowest BCUT2D eigenvalue weighted by atomic mass is 10.0. The maximum absolute atomic E-state index is 12.5. The first kappa shape index (κ1) is 13.1. The highest BCUT2D eigenvalue weighted by molar-refractivity contribution is 9.10. The predicted molar refractivity (Wildman–Crippen MR) is 88.8 cm³/mol. The van der Waals surface area contributed by atoms with Crippen LogP contribution in [0.1, 0.15) is 21.6 Å². The number of carbonyl (C=O) groups is 1. The summed E-state index contributed by atoms with van der Waals surface area (Å²) in [4.78, 5) is 17.9. The van der Waals surface area contributed by atoms with Crippen molar-refractivity contribution in [2.24, 2.45) is 0 Å². The van der Waals surface area contributed by atoms with Gasteiger partial charge in [0.05, 0.1) is 5.56 Å². The van der Waals surface area contributed by atoms with Crippen LogP contribution in [0.25, 0.3) is 10.9 Å². The number of thiophene rings is 1. The number of rotatable bonds is 1. The molecule has 0 unspecified atom stereocenters. The molecule has 0 radical (unpaired) electrons. The van der Waals surface area contributed by atoms with Crippen LogP contribution in [-0.4, -0.2) is 22.3 Å². The molecule has 21 heavy (non-hydrogen) atoms. The van der Waals surface area contributed by atoms with Gasteiger partial charge in [-0.3, -0.25) is 4.79 Å². The highest BCUT2D eigenvalue weighted by Gasteiger charge is 2.24. The number of amides is 1. The average molecular weight is 361 g/mol. The van der Waals surface area contributed by atoms with Gasteiger partial charge in [0.15, 0.2) is 0 Å². The number of aromatic amines is 1. The number of nitrogens with one attached hydrogen (secondary N) is 1. The molecule has 106 valence electrons. The number of aromatic nitrogens is 1. The molecule has 1 aliphatic heterocycles. The Hall–Kier alpha value is -1.59. The van der Waals surface area contributed by atoms with Crippen LogP contribution in [0.2, 0.25) is 0 Å². The summed E-state index contributed by atoms with van der Waals surface area (Å²) in [5.41, 5.74) is 4.45. The number of benzene rings is 1. The Labute approximate surface area is 134 Å². The number of carbonyl (C=O) groups excluding carboxylic acids is 1. The molecule has 0 aliphatic carbocycles. The van der Waals surface area contributed by atoms with Gasteiger partial charge in [0, 0.05) is 51.5 Å². The summed E-state index contributed by atoms with van der Waals surface area (Å²) in [5, 5.41) is 5.08. The largest absolute Gasteiger partial charge is 0.358 e. The number of halogens is 1. The van der Waals surface area contributed by atoms with Crippen LogP contribution in [0.4, 0.5) is 0 Å². The van der Waals surface area contributed by atoms with Crippen molar-refractivity contribution < 1.29 is 4.79 Å². The summed E-state index contributed by atoms with van der Waals surface area (Å²) in [6, 6.07) is 8.15. The maximum Gasteiger partial charge on any atom is 0.255 e. The van der Waals surface area contributed by atoms with Gasteiger partial charge in [-0.05, 0) is 29.6 Å². The number of hydrogen-bond acceptors (Lipinski definition) is 2. The van der Waals surface area contributed by atoms with E-state index in [1.807, 2.05) is 27.8 Å². The molecule has 1 aromatic carbocycles. The van der Waals surface area contributed by atoms with Gasteiger partial charge in [0.25, 0.3) is 5.91 Å². The third-order valence-electron chi connectivity index (χ3n) is 3.99. The second-order valence-corrected chi connectivity index (χ2v) is 6.96. The topological polar surface area (TPSA) is 36.1 Å². The Morgan fingerprint density at radius 1 is 1.33 bits per heavy atom. The van der Waals surface area contributed by atoms with Crippen LogP contribution in [0, 0.1) is 0 Å². The van der Waals surface area contributed by atoms with E-state index in [0.29, 0.717) is 6.54 Å². The molecule has 2 aromatic heterocycles. The second kappa shape index (κ2) is 5.00. The predicted octanol–water partition coefficient (Wildman–Crippen LogP) is 4.19. The van der Waals surface area contributed by atoms with E-state index in [1.165, 1.54) is 16.6 Å². The van der Waals surface area contributed by atoms with E-state index in [0.717, 1.165) is 28.5 Å². The summed E-state index contributed by atoms with van der Waals surface area (Å²) in [7, 11) is 0. The summed E-state index contributed by atoms with van der Waals surface area (Å²) in [6.45, 7) is 1.45. The Balaban J connectivity index is 1.72. The molecular weight excluding hydrogens is 348 g/mol. The van der Waals surface area contributed by atoms with Crippen molar-refractivity contribution in [2.75, 3.05) is 6.54 Å². The minimum atomic E-state index is 0.131. The number of hydrogen-bond donors (Lipinski definition) is 1. The standard InChI is InChI=1S/C16H13BrN2OS/c17-11-1-2-14-12(7-11)13-8-19(5-3-15(13)18-14)16(20)10-4-6-21-9-10/h1-2,4,6-7,9,18H,3,5,8H2. The molecule has 3 nitrogen and oxygen atoms in total. The molecule has 5 heteroatoms. The second-order valence-electron chi connectivity index (χ2n) is 5.26. The van der Waals surface area contributed by atoms with E-state index in [-0.39, 0.29) is 5.91 Å². The molecule has 1 N–H and O–H groups in total. The summed E-state index contributed by atoms with van der Waals surface area (Å²) >= 11 is 5.09. The highest BCUT2D eigenvalue weighted by atomic mass is 79.9. The third-order valence-corrected chi connectivity index (χ3v) is 5.17. The van der Waals surface area contributed by atoms with Crippen molar-refractivity contribution in [1.29, 1.82) is 0 Å². The first-order valence-corrected chi connectivity index (χ1v) is 8.56. The van der Waals surface area contributed by atoms with Crippen molar-refractivity contribution in [3.63, 3.8) is 0 Å². The monoisotopic (exact) mass is 360 g/mol. The van der Waals surface area contributed by atoms with Crippen molar-refractivity contribution >= 4 is 44.1 Å². The van der Waals surface area contributed by atoms with Gasteiger partial charge in [-0.15, -0.1) is 0 Å². The smallest absolute Gasteiger partial charge is 0.255 e. The highest BCUT2D eigenvalue weighted by Crippen LogP contribution is 2.30. The average Bonchev–Trinajstić information content (AvgIpc) is 3.13. The number of H-pyrrole nitrogens is 1. The Bertz CT molecular complexity index is 822. The van der Waals surface area contributed by atoms with E-state index in [2.05, 4.69) is 33.0 Å². The zero-order valence-electron chi connectivity index (χ0n) is 11.2. The Morgan fingerprint density at radius 3 is 3.05 bits per heavy atom. The van der Waals surface area contributed by atoms with Crippen LogP contribution in [0.15, 0.2) is 39.5 Å². The summed E-state index contributed by atoms with van der Waals surface area (Å²) in [5.74, 6) is 0.131. The summed E-state index contributed by atoms with van der Waals surface area (Å²) < 4.78 is 1.07. The van der Waals surface area contributed by atoms with Gasteiger partial charge in [0.1, 0.15) is 0 Å². The fraction of sp³-hybridized carbons (Fsp3) is 0.188. The van der Waals surface area contributed by atoms with Crippen LogP contribution < -0.4 is 0 Å². The van der Waals surface area contributed by atoms with Crippen LogP contribution in [-0.2, 0) is 13.0 Å². The fourth-order valence-electron chi connectivity index (χ4n) is 2.93. The molecule has 0 spiro atoms. The lowest BCUT2D eigenvalue weighted by Crippen LogP contribution is -2.35. The maximum atomic E-state index is 12.5. The summed E-state index contributed by atoms with van der Waals surface area (Å²) in [6.07, 6.45) is 0.886. The molecule has 3 aromatic rings. The minimum absolute atomic E-state index is 0.131. The fourth-order valence-corrected chi connectivity index (χ4v) is 3.92. The molecule has 0 fully saturated rings. The molecule has 4 rings (SSSR count). The SMILES string of the molecule is O=C(c1ccsc1)N1CCc2[nH]c3ccc(Br)cc3c2C1. The third kappa shape index (κ3) is 2.21. The van der Waals surface area contributed by atoms with Gasteiger partial charge in [-0.25, -0.2) is 0 Å². The number of fused-ring (bicyclic) bond motifs is 3. The van der Waals surface area contributed by atoms with Gasteiger partial charge in [0.2, 0.25) is 0 Å². The van der Waals surface area contributed by atoms with Crippen LogP contribution in [0.3, 0.4) is 0 Å². The van der Waals surface area contributed by atoms with Crippen LogP contribution >= 0.6 is 27.3 Å². The molecule has 0 saturated carbocycles. The Morgan fingerprint density at radius 2 is 2.24 bits per heavy atom. The van der Waals surface area contributed by atoms with Crippen molar-refractivity contribution in [2.45, 2.75) is 13.0 Å². The van der Waals surface area contributed by atoms with Crippen molar-refractivity contribution in [3.8, 4) is 0 Å². The van der Waals surface area contributed by atoms with Crippen LogP contribution in [0.5, 0.6) is 0 Å². The molecule has 0 bridgehead atoms. The minimum Gasteiger partial charge on any atom is -0.358 e. The Kier molecular flexibility index (Phi) is 3.12. The molecule has 1 amide bonds. The zero-order valence-corrected chi connectivity index (χ0v) is 13.6. The van der Waals surface area contributed by atoms with Crippen molar-refractivity contribution in [1.82, 2.24) is 9.88 Å². The normalized spacial score (nSPS) is 14.4. The van der Waals surface area contributed by atoms with E-state index in [4.69, 9.17) is 0 Å². The van der Waals surface area contributed by atoms with E-state index in [1.54, 1.807) is 11.3 Å². The first-order chi connectivity index (χ1) is 10.2. The molecular formula is C16H13BrN2OS. The van der Waals surface area contributed by atoms with Gasteiger partial charge in [-0.2, -0.15) is 11.3 Å². The molecule has 0 atom stereocenters. The van der Waals surface area contributed by atoms with Gasteiger partial charge >= 0.3 is 0 Å². The first-order valence-electron chi connectivity index (χ1n) is 6.83. The van der Waals surface area contributed by atoms with E-state index >= 15 is 0 Å². The zero-order chi connectivity index (χ0) is 14.4. The van der Waals surface area contributed by atoms with E-state index in [9.17, 15) is 4.79 Å². The number of nitrogens with zero attached hydrogens (tertiary/aromatic N) is 1. The quantitative estimate of drug-likeness (QED) is 0.693. The molecule has 1 aliphatic rings. The van der Waals surface area contributed by atoms with Gasteiger partial charge < -0.3 is 9.88 Å². The van der Waals surface area contributed by atoms with Gasteiger partial charge in [-0.1, -0.05) is 15.9 Å².